The third-order valence-corrected chi connectivity index (χ3v) is 6.05. The van der Waals surface area contributed by atoms with E-state index in [9.17, 15) is 9.50 Å². The fraction of sp³-hybridized carbons (Fsp3) is 0.269. The Labute approximate surface area is 214 Å². The highest BCUT2D eigenvalue weighted by molar-refractivity contribution is 5.46. The molecule has 37 heavy (non-hydrogen) atoms. The van der Waals surface area contributed by atoms with Gasteiger partial charge in [0.05, 0.1) is 0 Å². The van der Waals surface area contributed by atoms with E-state index in [0.29, 0.717) is 49.0 Å². The van der Waals surface area contributed by atoms with Crippen LogP contribution in [0.15, 0.2) is 67.0 Å². The van der Waals surface area contributed by atoms with Crippen molar-refractivity contribution in [3.8, 4) is 5.75 Å². The number of phenols is 1. The van der Waals surface area contributed by atoms with E-state index in [1.54, 1.807) is 48.8 Å². The molecule has 5 rings (SSSR count). The molecule has 0 amide bonds. The molecule has 2 aromatic heterocycles. The van der Waals surface area contributed by atoms with Crippen molar-refractivity contribution in [3.05, 3.63) is 83.9 Å². The van der Waals surface area contributed by atoms with E-state index < -0.39 is 0 Å². The van der Waals surface area contributed by atoms with Crippen molar-refractivity contribution in [1.29, 1.82) is 0 Å². The predicted octanol–water partition coefficient (Wildman–Crippen LogP) is 3.10. The Morgan fingerprint density at radius 2 is 1.41 bits per heavy atom. The minimum Gasteiger partial charge on any atom is -0.508 e. The van der Waals surface area contributed by atoms with Crippen LogP contribution in [-0.4, -0.2) is 62.8 Å². The van der Waals surface area contributed by atoms with E-state index >= 15 is 0 Å². The molecule has 0 spiro atoms. The summed E-state index contributed by atoms with van der Waals surface area (Å²) < 4.78 is 14.1. The molecule has 3 heterocycles. The summed E-state index contributed by atoms with van der Waals surface area (Å²) in [6.07, 6.45) is 4.21. The van der Waals surface area contributed by atoms with Crippen molar-refractivity contribution in [1.82, 2.24) is 24.9 Å². The summed E-state index contributed by atoms with van der Waals surface area (Å²) in [5, 5.41) is 15.9. The first kappa shape index (κ1) is 24.2. The maximum atomic E-state index is 14.1. The summed E-state index contributed by atoms with van der Waals surface area (Å²) in [5.41, 5.74) is 1.61. The third-order valence-electron chi connectivity index (χ3n) is 6.05. The van der Waals surface area contributed by atoms with Crippen LogP contribution in [0.3, 0.4) is 0 Å². The predicted molar refractivity (Wildman–Crippen MR) is 140 cm³/mol. The number of aromatic nitrogens is 5. The second-order valence-electron chi connectivity index (χ2n) is 8.59. The second-order valence-corrected chi connectivity index (χ2v) is 8.59. The molecular formula is C26H28FN9O. The van der Waals surface area contributed by atoms with Gasteiger partial charge in [-0.3, -0.25) is 0 Å². The fourth-order valence-corrected chi connectivity index (χ4v) is 4.02. The van der Waals surface area contributed by atoms with Crippen molar-refractivity contribution in [2.45, 2.75) is 13.0 Å². The molecule has 3 N–H and O–H groups in total. The van der Waals surface area contributed by atoms with Crippen LogP contribution in [0.25, 0.3) is 0 Å². The molecule has 4 aromatic rings. The monoisotopic (exact) mass is 501 g/mol. The van der Waals surface area contributed by atoms with Crippen LogP contribution in [0.4, 0.5) is 28.2 Å². The van der Waals surface area contributed by atoms with Crippen molar-refractivity contribution in [3.63, 3.8) is 0 Å². The van der Waals surface area contributed by atoms with Gasteiger partial charge in [0.1, 0.15) is 11.6 Å². The number of anilines is 4. The number of nitrogens with zero attached hydrogens (tertiary/aromatic N) is 7. The third kappa shape index (κ3) is 6.37. The number of phenolic OH excluding ortho intramolecular Hbond substituents is 1. The lowest BCUT2D eigenvalue weighted by Crippen LogP contribution is -2.47. The summed E-state index contributed by atoms with van der Waals surface area (Å²) in [5.74, 6) is 2.02. The molecule has 190 valence electrons. The molecule has 0 radical (unpaired) electrons. The van der Waals surface area contributed by atoms with Crippen LogP contribution in [0.5, 0.6) is 5.75 Å². The van der Waals surface area contributed by atoms with Crippen LogP contribution in [0, 0.1) is 5.82 Å². The molecule has 0 bridgehead atoms. The first-order chi connectivity index (χ1) is 18.1. The SMILES string of the molecule is Oc1ccc(CCNc2nc(NCc3ccccc3F)nc(N3CCN(c4ncccn4)CC3)n2)cc1. The average Bonchev–Trinajstić information content (AvgIpc) is 2.94. The van der Waals surface area contributed by atoms with E-state index in [1.165, 1.54) is 6.07 Å². The van der Waals surface area contributed by atoms with Gasteiger partial charge in [-0.1, -0.05) is 30.3 Å². The number of rotatable bonds is 9. The highest BCUT2D eigenvalue weighted by atomic mass is 19.1. The van der Waals surface area contributed by atoms with Crippen LogP contribution < -0.4 is 20.4 Å². The van der Waals surface area contributed by atoms with Crippen molar-refractivity contribution in [2.24, 2.45) is 0 Å². The minimum absolute atomic E-state index is 0.239. The van der Waals surface area contributed by atoms with Crippen molar-refractivity contribution in [2.75, 3.05) is 53.2 Å². The molecule has 1 aliphatic rings. The highest BCUT2D eigenvalue weighted by Gasteiger charge is 2.22. The van der Waals surface area contributed by atoms with E-state index in [0.717, 1.165) is 25.1 Å². The lowest BCUT2D eigenvalue weighted by atomic mass is 10.1. The molecule has 0 unspecified atom stereocenters. The Hall–Kier alpha value is -4.54. The number of halogens is 1. The summed E-state index contributed by atoms with van der Waals surface area (Å²) in [6, 6.07) is 15.5. The Bertz CT molecular complexity index is 1300. The highest BCUT2D eigenvalue weighted by Crippen LogP contribution is 2.19. The Balaban J connectivity index is 1.29. The standard InChI is InChI=1S/C26H28FN9O/c27-22-5-2-1-4-20(22)18-31-24-32-23(28-13-10-19-6-8-21(37)9-7-19)33-26(34-24)36-16-14-35(15-17-36)25-29-11-3-12-30-25/h1-9,11-12,37H,10,13-18H2,(H2,28,31,32,33,34). The van der Waals surface area contributed by atoms with Gasteiger partial charge in [-0.15, -0.1) is 0 Å². The molecule has 0 saturated carbocycles. The van der Waals surface area contributed by atoms with Crippen molar-refractivity contribution < 1.29 is 9.50 Å². The lowest BCUT2D eigenvalue weighted by molar-refractivity contribution is 0.475. The molecule has 2 aromatic carbocycles. The fourth-order valence-electron chi connectivity index (χ4n) is 4.02. The molecular weight excluding hydrogens is 473 g/mol. The maximum absolute atomic E-state index is 14.1. The maximum Gasteiger partial charge on any atom is 0.232 e. The molecule has 0 atom stereocenters. The van der Waals surface area contributed by atoms with Gasteiger partial charge in [0.15, 0.2) is 0 Å². The summed E-state index contributed by atoms with van der Waals surface area (Å²) in [6.45, 7) is 3.71. The largest absolute Gasteiger partial charge is 0.508 e. The normalized spacial score (nSPS) is 13.4. The van der Waals surface area contributed by atoms with Gasteiger partial charge in [-0.25, -0.2) is 14.4 Å². The van der Waals surface area contributed by atoms with E-state index in [2.05, 4.69) is 45.4 Å². The number of hydrogen-bond donors (Lipinski definition) is 3. The van der Waals surface area contributed by atoms with E-state index in [1.807, 2.05) is 12.1 Å². The minimum atomic E-state index is -0.282. The van der Waals surface area contributed by atoms with Gasteiger partial charge < -0.3 is 25.5 Å². The molecule has 0 aliphatic carbocycles. The quantitative estimate of drug-likeness (QED) is 0.316. The zero-order valence-electron chi connectivity index (χ0n) is 20.3. The second kappa shape index (κ2) is 11.5. The average molecular weight is 502 g/mol. The van der Waals surface area contributed by atoms with Gasteiger partial charge in [-0.05, 0) is 36.2 Å². The van der Waals surface area contributed by atoms with Crippen LogP contribution in [0.1, 0.15) is 11.1 Å². The number of nitrogens with one attached hydrogen (secondary N) is 2. The number of piperazine rings is 1. The van der Waals surface area contributed by atoms with Crippen molar-refractivity contribution >= 4 is 23.8 Å². The van der Waals surface area contributed by atoms with Crippen LogP contribution in [0.2, 0.25) is 0 Å². The number of benzene rings is 2. The Morgan fingerprint density at radius 3 is 2.11 bits per heavy atom. The first-order valence-corrected chi connectivity index (χ1v) is 12.2. The number of aromatic hydroxyl groups is 1. The topological polar surface area (TPSA) is 115 Å². The Morgan fingerprint density at radius 1 is 0.757 bits per heavy atom. The molecule has 1 aliphatic heterocycles. The van der Waals surface area contributed by atoms with Gasteiger partial charge in [0, 0.05) is 57.2 Å². The van der Waals surface area contributed by atoms with E-state index in [-0.39, 0.29) is 18.1 Å². The zero-order chi connectivity index (χ0) is 25.5. The van der Waals surface area contributed by atoms with Crippen LogP contribution >= 0.6 is 0 Å². The number of hydrogen-bond acceptors (Lipinski definition) is 10. The van der Waals surface area contributed by atoms with Gasteiger partial charge in [0.2, 0.25) is 23.8 Å². The molecule has 1 saturated heterocycles. The first-order valence-electron chi connectivity index (χ1n) is 12.2. The summed E-state index contributed by atoms with van der Waals surface area (Å²) >= 11 is 0. The molecule has 1 fully saturated rings. The van der Waals surface area contributed by atoms with Gasteiger partial charge in [0.25, 0.3) is 0 Å². The Kier molecular flexibility index (Phi) is 7.49. The summed E-state index contributed by atoms with van der Waals surface area (Å²) in [4.78, 5) is 26.7. The van der Waals surface area contributed by atoms with Gasteiger partial charge in [-0.2, -0.15) is 15.0 Å². The van der Waals surface area contributed by atoms with Gasteiger partial charge >= 0.3 is 0 Å². The molecule has 10 nitrogen and oxygen atoms in total. The smallest absolute Gasteiger partial charge is 0.232 e. The zero-order valence-corrected chi connectivity index (χ0v) is 20.3. The van der Waals surface area contributed by atoms with E-state index in [4.69, 9.17) is 0 Å². The summed E-state index contributed by atoms with van der Waals surface area (Å²) in [7, 11) is 0. The lowest BCUT2D eigenvalue weighted by Gasteiger charge is -2.34. The molecule has 11 heteroatoms. The van der Waals surface area contributed by atoms with Crippen LogP contribution in [-0.2, 0) is 13.0 Å².